The van der Waals surface area contributed by atoms with E-state index in [9.17, 15) is 14.7 Å². The quantitative estimate of drug-likeness (QED) is 0.273. The fourth-order valence-electron chi connectivity index (χ4n) is 3.16. The van der Waals surface area contributed by atoms with Gasteiger partial charge >= 0.3 is 11.7 Å². The zero-order valence-electron chi connectivity index (χ0n) is 15.9. The first-order chi connectivity index (χ1) is 14.4. The summed E-state index contributed by atoms with van der Waals surface area (Å²) in [5.74, 6) is -0.118. The minimum absolute atomic E-state index is 0.118. The summed E-state index contributed by atoms with van der Waals surface area (Å²) in [6, 6.07) is 13.0. The summed E-state index contributed by atoms with van der Waals surface area (Å²) in [6.45, 7) is 1.78. The maximum Gasteiger partial charge on any atom is 0.336 e. The fraction of sp³-hybridized carbons (Fsp3) is 0.0476. The van der Waals surface area contributed by atoms with Gasteiger partial charge in [0, 0.05) is 23.2 Å². The number of aryl methyl sites for hydroxylation is 1. The maximum absolute atomic E-state index is 12.0. The number of rotatable bonds is 4. The highest BCUT2D eigenvalue weighted by molar-refractivity contribution is 6.00. The number of carbonyl (C=O) groups is 1. The molecule has 0 aliphatic heterocycles. The Hall–Kier alpha value is -4.40. The summed E-state index contributed by atoms with van der Waals surface area (Å²) in [4.78, 5) is 23.0. The summed E-state index contributed by atoms with van der Waals surface area (Å²) in [5.41, 5.74) is 9.32. The minimum atomic E-state index is -0.821. The molecular weight excluding hydrogens is 386 g/mol. The van der Waals surface area contributed by atoms with Crippen molar-refractivity contribution in [1.29, 1.82) is 0 Å². The topological polar surface area (TPSA) is 136 Å². The lowest BCUT2D eigenvalue weighted by Crippen LogP contribution is -2.24. The number of para-hydroxylation sites is 1. The van der Waals surface area contributed by atoms with Crippen LogP contribution in [0, 0.1) is 6.92 Å². The van der Waals surface area contributed by atoms with Crippen LogP contribution in [-0.4, -0.2) is 27.1 Å². The largest absolute Gasteiger partial charge is 0.507 e. The van der Waals surface area contributed by atoms with Gasteiger partial charge in [-0.1, -0.05) is 18.2 Å². The van der Waals surface area contributed by atoms with Crippen LogP contribution in [0.1, 0.15) is 11.1 Å². The van der Waals surface area contributed by atoms with Crippen LogP contribution in [0.5, 0.6) is 5.75 Å². The lowest BCUT2D eigenvalue weighted by Gasteiger charge is -2.08. The van der Waals surface area contributed by atoms with E-state index in [0.717, 1.165) is 5.69 Å². The molecule has 4 rings (SSSR count). The van der Waals surface area contributed by atoms with Crippen LogP contribution >= 0.6 is 0 Å². The third-order valence-electron chi connectivity index (χ3n) is 4.48. The van der Waals surface area contributed by atoms with Gasteiger partial charge in [-0.05, 0) is 36.8 Å². The Morgan fingerprint density at radius 1 is 1.27 bits per heavy atom. The normalized spacial score (nSPS) is 11.2. The van der Waals surface area contributed by atoms with Crippen LogP contribution in [0.2, 0.25) is 0 Å². The molecule has 4 N–H and O–H groups in total. The van der Waals surface area contributed by atoms with Gasteiger partial charge in [0.15, 0.2) is 5.58 Å². The van der Waals surface area contributed by atoms with E-state index in [1.54, 1.807) is 23.9 Å². The zero-order chi connectivity index (χ0) is 21.3. The molecule has 0 spiro atoms. The SMILES string of the molecule is Cc1cc(=O)oc2c(-c3nn(-c4ccccc4)cc3C=NNC(N)=O)c(O)ccc12. The Labute approximate surface area is 170 Å². The van der Waals surface area contributed by atoms with Gasteiger partial charge in [-0.25, -0.2) is 19.7 Å². The van der Waals surface area contributed by atoms with Gasteiger partial charge in [0.1, 0.15) is 11.4 Å². The lowest BCUT2D eigenvalue weighted by atomic mass is 10.0. The molecule has 0 atom stereocenters. The number of primary amides is 1. The number of phenolic OH excluding ortho intramolecular Hbond substituents is 1. The molecule has 0 bridgehead atoms. The number of fused-ring (bicyclic) bond motifs is 1. The van der Waals surface area contributed by atoms with Gasteiger partial charge in [-0.15, -0.1) is 0 Å². The van der Waals surface area contributed by atoms with Crippen molar-refractivity contribution in [2.24, 2.45) is 10.8 Å². The molecule has 9 nitrogen and oxygen atoms in total. The summed E-state index contributed by atoms with van der Waals surface area (Å²) in [7, 11) is 0. The van der Waals surface area contributed by atoms with Crippen molar-refractivity contribution in [2.75, 3.05) is 0 Å². The number of hydrogen-bond donors (Lipinski definition) is 3. The third kappa shape index (κ3) is 3.51. The monoisotopic (exact) mass is 403 g/mol. The second-order valence-electron chi connectivity index (χ2n) is 6.53. The van der Waals surface area contributed by atoms with Gasteiger partial charge < -0.3 is 15.3 Å². The van der Waals surface area contributed by atoms with Crippen molar-refractivity contribution in [1.82, 2.24) is 15.2 Å². The third-order valence-corrected chi connectivity index (χ3v) is 4.48. The number of aromatic hydroxyl groups is 1. The first-order valence-corrected chi connectivity index (χ1v) is 8.94. The second kappa shape index (κ2) is 7.55. The molecule has 0 saturated heterocycles. The van der Waals surface area contributed by atoms with Crippen LogP contribution in [0.15, 0.2) is 69.0 Å². The molecule has 4 aromatic rings. The fourth-order valence-corrected chi connectivity index (χ4v) is 3.16. The molecule has 0 fully saturated rings. The Morgan fingerprint density at radius 3 is 2.77 bits per heavy atom. The van der Waals surface area contributed by atoms with Crippen molar-refractivity contribution in [3.05, 3.63) is 76.3 Å². The Bertz CT molecular complexity index is 1340. The van der Waals surface area contributed by atoms with E-state index < -0.39 is 11.7 Å². The second-order valence-corrected chi connectivity index (χ2v) is 6.53. The number of nitrogens with one attached hydrogen (secondary N) is 1. The van der Waals surface area contributed by atoms with Gasteiger partial charge in [-0.3, -0.25) is 0 Å². The van der Waals surface area contributed by atoms with Crippen molar-refractivity contribution in [2.45, 2.75) is 6.92 Å². The first-order valence-electron chi connectivity index (χ1n) is 8.94. The standard InChI is InChI=1S/C21H17N5O4/c1-12-9-17(28)30-20-15(12)7-8-16(27)18(20)19-13(10-23-24-21(22)29)11-26(25-19)14-5-3-2-4-6-14/h2-11,27H,1H3,(H3,22,24,29). The molecule has 0 unspecified atom stereocenters. The highest BCUT2D eigenvalue weighted by atomic mass is 16.4. The Morgan fingerprint density at radius 2 is 2.03 bits per heavy atom. The number of hydrogen-bond acceptors (Lipinski definition) is 6. The van der Waals surface area contributed by atoms with Crippen LogP contribution in [0.3, 0.4) is 0 Å². The van der Waals surface area contributed by atoms with Gasteiger partial charge in [0.05, 0.1) is 17.5 Å². The molecule has 2 heterocycles. The Kier molecular flexibility index (Phi) is 4.77. The van der Waals surface area contributed by atoms with Crippen molar-refractivity contribution >= 4 is 23.2 Å². The van der Waals surface area contributed by atoms with Crippen LogP contribution in [0.25, 0.3) is 27.9 Å². The number of amides is 2. The zero-order valence-corrected chi connectivity index (χ0v) is 15.9. The summed E-state index contributed by atoms with van der Waals surface area (Å²) in [6.07, 6.45) is 3.02. The predicted molar refractivity (Wildman–Crippen MR) is 112 cm³/mol. The molecular formula is C21H17N5O4. The van der Waals surface area contributed by atoms with Crippen molar-refractivity contribution in [3.63, 3.8) is 0 Å². The summed E-state index contributed by atoms with van der Waals surface area (Å²) >= 11 is 0. The summed E-state index contributed by atoms with van der Waals surface area (Å²) < 4.78 is 7.01. The molecule has 0 aliphatic rings. The molecule has 0 radical (unpaired) electrons. The van der Waals surface area contributed by atoms with Gasteiger partial charge in [-0.2, -0.15) is 10.2 Å². The summed E-state index contributed by atoms with van der Waals surface area (Å²) in [5, 5.41) is 19.7. The molecule has 2 aromatic carbocycles. The van der Waals surface area contributed by atoms with Crippen LogP contribution in [0.4, 0.5) is 4.79 Å². The smallest absolute Gasteiger partial charge is 0.336 e. The highest BCUT2D eigenvalue weighted by Crippen LogP contribution is 2.37. The highest BCUT2D eigenvalue weighted by Gasteiger charge is 2.20. The number of hydrazone groups is 1. The minimum Gasteiger partial charge on any atom is -0.507 e. The van der Waals surface area contributed by atoms with E-state index in [0.29, 0.717) is 22.2 Å². The number of carbonyl (C=O) groups excluding carboxylic acids is 1. The van der Waals surface area contributed by atoms with Crippen molar-refractivity contribution < 1.29 is 14.3 Å². The van der Waals surface area contributed by atoms with Gasteiger partial charge in [0.2, 0.25) is 0 Å². The predicted octanol–water partition coefficient (Wildman–Crippen LogP) is 2.66. The number of aromatic nitrogens is 2. The maximum atomic E-state index is 12.0. The van der Waals surface area contributed by atoms with E-state index in [1.165, 1.54) is 18.3 Å². The lowest BCUT2D eigenvalue weighted by molar-refractivity contribution is 0.249. The molecule has 30 heavy (non-hydrogen) atoms. The van der Waals surface area contributed by atoms with E-state index in [2.05, 4.69) is 15.6 Å². The van der Waals surface area contributed by atoms with Gasteiger partial charge in [0.25, 0.3) is 0 Å². The average molecular weight is 403 g/mol. The number of phenols is 1. The average Bonchev–Trinajstić information content (AvgIpc) is 3.11. The molecule has 2 aromatic heterocycles. The first kappa shape index (κ1) is 18.9. The Balaban J connectivity index is 1.99. The number of benzene rings is 2. The molecule has 150 valence electrons. The van der Waals surface area contributed by atoms with E-state index in [-0.39, 0.29) is 16.9 Å². The van der Waals surface area contributed by atoms with Crippen LogP contribution < -0.4 is 16.8 Å². The molecule has 9 heteroatoms. The number of nitrogens with zero attached hydrogens (tertiary/aromatic N) is 3. The number of nitrogens with two attached hydrogens (primary N) is 1. The number of urea groups is 1. The van der Waals surface area contributed by atoms with Crippen LogP contribution in [-0.2, 0) is 0 Å². The van der Waals surface area contributed by atoms with Crippen molar-refractivity contribution in [3.8, 4) is 22.7 Å². The molecule has 0 aliphatic carbocycles. The van der Waals surface area contributed by atoms with E-state index in [4.69, 9.17) is 10.2 Å². The molecule has 0 saturated carbocycles. The van der Waals surface area contributed by atoms with E-state index in [1.807, 2.05) is 30.3 Å². The van der Waals surface area contributed by atoms with E-state index >= 15 is 0 Å². The molecule has 2 amide bonds.